The smallest absolute Gasteiger partial charge is 0.325 e. The third kappa shape index (κ3) is 17.6. The van der Waals surface area contributed by atoms with Gasteiger partial charge in [0.2, 0.25) is 41.4 Å². The van der Waals surface area contributed by atoms with E-state index in [0.29, 0.717) is 24.0 Å². The summed E-state index contributed by atoms with van der Waals surface area (Å²) in [7, 11) is 0. The minimum absolute atomic E-state index is 0.0405. The van der Waals surface area contributed by atoms with Gasteiger partial charge in [0.1, 0.15) is 48.0 Å². The SMILES string of the molecule is CC(C)[C@H](NC(=O)[C@H](CCCCN)NC(=O)[C@@H](Cc1c[nH]c2ccccc12)NC(=O)[C@H](Cc1ccc(O)cc1)NC(=O)[C@H](CS)NC(=O)[C@H](N)Cc1ccccc1)C(=O)N[C@@H](CS)C(=O)N[C@@H](C)C(=O)O. The second kappa shape index (κ2) is 28.3. The van der Waals surface area contributed by atoms with Crippen LogP contribution in [0, 0.1) is 5.92 Å². The lowest BCUT2D eigenvalue weighted by atomic mass is 10.00. The van der Waals surface area contributed by atoms with Gasteiger partial charge in [-0.15, -0.1) is 0 Å². The topological polar surface area (TPSA) is 329 Å². The predicted octanol–water partition coefficient (Wildman–Crippen LogP) is 0.371. The third-order valence-corrected chi connectivity index (χ3v) is 12.3. The molecule has 8 atom stereocenters. The number of fused-ring (bicyclic) bond motifs is 1. The number of hydrogen-bond acceptors (Lipinski definition) is 13. The summed E-state index contributed by atoms with van der Waals surface area (Å²) < 4.78 is 0. The fraction of sp³-hybridized carbons (Fsp3) is 0.429. The summed E-state index contributed by atoms with van der Waals surface area (Å²) in [6, 6.07) is 12.3. The van der Waals surface area contributed by atoms with E-state index in [1.807, 2.05) is 54.6 Å². The number of nitrogens with two attached hydrogens (primary N) is 2. The van der Waals surface area contributed by atoms with E-state index in [4.69, 9.17) is 11.5 Å². The van der Waals surface area contributed by atoms with Crippen molar-refractivity contribution in [1.82, 2.24) is 42.2 Å². The molecule has 20 nitrogen and oxygen atoms in total. The number of aromatic hydroxyl groups is 1. The average molecular weight is 1020 g/mol. The first-order valence-corrected chi connectivity index (χ1v) is 24.5. The van der Waals surface area contributed by atoms with Crippen LogP contribution in [0.5, 0.6) is 5.75 Å². The monoisotopic (exact) mass is 1020 g/mol. The number of thiol groups is 2. The maximum Gasteiger partial charge on any atom is 0.325 e. The van der Waals surface area contributed by atoms with Crippen molar-refractivity contribution in [2.24, 2.45) is 17.4 Å². The molecule has 0 saturated carbocycles. The van der Waals surface area contributed by atoms with Gasteiger partial charge in [-0.25, -0.2) is 0 Å². The maximum atomic E-state index is 14.6. The Kier molecular flexibility index (Phi) is 22.7. The van der Waals surface area contributed by atoms with Crippen LogP contribution in [0.2, 0.25) is 0 Å². The molecule has 4 aromatic rings. The molecule has 1 heterocycles. The molecular weight excluding hydrogens is 953 g/mol. The molecule has 14 N–H and O–H groups in total. The molecule has 3 aromatic carbocycles. The summed E-state index contributed by atoms with van der Waals surface area (Å²) >= 11 is 8.46. The Morgan fingerprint density at radius 3 is 1.68 bits per heavy atom. The quantitative estimate of drug-likeness (QED) is 0.0271. The van der Waals surface area contributed by atoms with Crippen LogP contribution in [0.25, 0.3) is 10.9 Å². The summed E-state index contributed by atoms with van der Waals surface area (Å²) in [6.45, 7) is 4.84. The number of carboxylic acids is 1. The highest BCUT2D eigenvalue weighted by molar-refractivity contribution is 7.80. The fourth-order valence-corrected chi connectivity index (χ4v) is 7.95. The van der Waals surface area contributed by atoms with Gasteiger partial charge in [-0.1, -0.05) is 74.5 Å². The van der Waals surface area contributed by atoms with Crippen LogP contribution in [-0.2, 0) is 57.6 Å². The Morgan fingerprint density at radius 1 is 0.577 bits per heavy atom. The zero-order chi connectivity index (χ0) is 52.2. The molecule has 0 radical (unpaired) electrons. The third-order valence-electron chi connectivity index (χ3n) is 11.6. The number of H-pyrrole nitrogens is 1. The second-order valence-corrected chi connectivity index (χ2v) is 18.2. The van der Waals surface area contributed by atoms with Crippen molar-refractivity contribution in [3.05, 3.63) is 102 Å². The van der Waals surface area contributed by atoms with E-state index in [9.17, 15) is 48.6 Å². The number of carboxylic acid groups (broad SMARTS) is 1. The van der Waals surface area contributed by atoms with Crippen LogP contribution in [0.1, 0.15) is 56.7 Å². The van der Waals surface area contributed by atoms with E-state index in [1.54, 1.807) is 32.2 Å². The van der Waals surface area contributed by atoms with E-state index in [0.717, 1.165) is 16.5 Å². The minimum atomic E-state index is -1.38. The van der Waals surface area contributed by atoms with Crippen molar-refractivity contribution in [1.29, 1.82) is 0 Å². The molecule has 0 unspecified atom stereocenters. The van der Waals surface area contributed by atoms with Crippen molar-refractivity contribution in [2.75, 3.05) is 18.1 Å². The van der Waals surface area contributed by atoms with Crippen molar-refractivity contribution in [3.63, 3.8) is 0 Å². The number of aromatic amines is 1. The van der Waals surface area contributed by atoms with Crippen molar-refractivity contribution in [2.45, 2.75) is 108 Å². The average Bonchev–Trinajstić information content (AvgIpc) is 3.76. The number of rotatable bonds is 28. The summed E-state index contributed by atoms with van der Waals surface area (Å²) in [5, 5.41) is 38.4. The van der Waals surface area contributed by atoms with Crippen LogP contribution in [0.4, 0.5) is 0 Å². The normalized spacial score (nSPS) is 14.6. The lowest BCUT2D eigenvalue weighted by Gasteiger charge is -2.29. The minimum Gasteiger partial charge on any atom is -0.508 e. The molecule has 0 spiro atoms. The van der Waals surface area contributed by atoms with Gasteiger partial charge < -0.3 is 63.9 Å². The lowest BCUT2D eigenvalue weighted by Crippen LogP contribution is -2.61. The Bertz CT molecular complexity index is 2440. The maximum absolute atomic E-state index is 14.6. The predicted molar refractivity (Wildman–Crippen MR) is 274 cm³/mol. The van der Waals surface area contributed by atoms with Crippen LogP contribution in [0.15, 0.2) is 85.1 Å². The second-order valence-electron chi connectivity index (χ2n) is 17.5. The van der Waals surface area contributed by atoms with E-state index >= 15 is 0 Å². The molecule has 71 heavy (non-hydrogen) atoms. The number of nitrogens with one attached hydrogen (secondary N) is 8. The van der Waals surface area contributed by atoms with Gasteiger partial charge in [-0.2, -0.15) is 25.3 Å². The molecular formula is C49H66N10O10S2. The molecule has 0 fully saturated rings. The lowest BCUT2D eigenvalue weighted by molar-refractivity contribution is -0.141. The first kappa shape index (κ1) is 57.0. The summed E-state index contributed by atoms with van der Waals surface area (Å²) in [5.74, 6) is -7.55. The number of aliphatic carboxylic acids is 1. The van der Waals surface area contributed by atoms with Gasteiger partial charge in [-0.05, 0) is 80.0 Å². The molecule has 22 heteroatoms. The number of carbonyl (C=O) groups excluding carboxylic acids is 7. The van der Waals surface area contributed by atoms with E-state index in [1.165, 1.54) is 19.1 Å². The fourth-order valence-electron chi connectivity index (χ4n) is 7.44. The van der Waals surface area contributed by atoms with Crippen LogP contribution < -0.4 is 48.7 Å². The van der Waals surface area contributed by atoms with Crippen LogP contribution in [-0.4, -0.2) is 129 Å². The number of phenolic OH excluding ortho intramolecular Hbond substituents is 1. The largest absolute Gasteiger partial charge is 0.508 e. The van der Waals surface area contributed by atoms with E-state index in [-0.39, 0.29) is 49.5 Å². The number of amides is 7. The molecule has 0 saturated heterocycles. The zero-order valence-corrected chi connectivity index (χ0v) is 41.6. The van der Waals surface area contributed by atoms with E-state index < -0.39 is 102 Å². The molecule has 7 amide bonds. The number of para-hydroxylation sites is 1. The highest BCUT2D eigenvalue weighted by atomic mass is 32.1. The van der Waals surface area contributed by atoms with Gasteiger partial charge in [0.25, 0.3) is 0 Å². The first-order chi connectivity index (χ1) is 33.8. The summed E-state index contributed by atoms with van der Waals surface area (Å²) in [4.78, 5) is 112. The van der Waals surface area contributed by atoms with Crippen LogP contribution in [0.3, 0.4) is 0 Å². The molecule has 384 valence electrons. The Balaban J connectivity index is 1.62. The number of benzene rings is 3. The summed E-state index contributed by atoms with van der Waals surface area (Å²) in [6.07, 6.45) is 2.56. The van der Waals surface area contributed by atoms with Gasteiger partial charge in [0.15, 0.2) is 0 Å². The standard InChI is InChI=1S/C49H66N10O10S2/c1-27(2)41(48(67)58-39(25-70)46(65)53-28(3)49(68)69)59-43(62)36(15-9-10-20-50)54-45(64)38(23-31-24-52-35-14-8-7-13-33(31)35)56-44(63)37(22-30-16-18-32(60)19-17-30)55-47(66)40(26-71)57-42(61)34(51)21-29-11-5-4-6-12-29/h4-8,11-14,16-19,24,27-28,34,36-41,52,60,70-71H,9-10,15,20-23,25-26,50-51H2,1-3H3,(H,53,65)(H,54,64)(H,55,66)(H,56,63)(H,57,61)(H,58,67)(H,59,62)(H,68,69)/t28-,34+,36-,37-,38+,39-,40-,41-/m0/s1. The van der Waals surface area contributed by atoms with Gasteiger partial charge >= 0.3 is 5.97 Å². The summed E-state index contributed by atoms with van der Waals surface area (Å²) in [5.41, 5.74) is 14.7. The zero-order valence-electron chi connectivity index (χ0n) is 39.9. The molecule has 1 aromatic heterocycles. The van der Waals surface area contributed by atoms with Crippen molar-refractivity contribution in [3.8, 4) is 5.75 Å². The molecule has 0 aliphatic rings. The van der Waals surface area contributed by atoms with Crippen molar-refractivity contribution >= 4 is 83.5 Å². The number of carbonyl (C=O) groups is 8. The Hall–Kier alpha value is -6.62. The Morgan fingerprint density at radius 2 is 1.08 bits per heavy atom. The first-order valence-electron chi connectivity index (χ1n) is 23.2. The van der Waals surface area contributed by atoms with Gasteiger partial charge in [0, 0.05) is 41.4 Å². The molecule has 4 rings (SSSR count). The molecule has 0 bridgehead atoms. The van der Waals surface area contributed by atoms with E-state index in [2.05, 4.69) is 67.5 Å². The Labute approximate surface area is 423 Å². The molecule has 0 aliphatic carbocycles. The number of phenols is 1. The number of hydrogen-bond donors (Lipinski definition) is 14. The van der Waals surface area contributed by atoms with Crippen LogP contribution >= 0.6 is 25.3 Å². The van der Waals surface area contributed by atoms with Gasteiger partial charge in [-0.3, -0.25) is 38.4 Å². The number of aromatic nitrogens is 1. The number of unbranched alkanes of at least 4 members (excludes halogenated alkanes) is 1. The van der Waals surface area contributed by atoms with Gasteiger partial charge in [0.05, 0.1) is 6.04 Å². The highest BCUT2D eigenvalue weighted by Crippen LogP contribution is 2.20. The molecule has 0 aliphatic heterocycles. The van der Waals surface area contributed by atoms with Crippen molar-refractivity contribution < 1.29 is 48.6 Å². The highest BCUT2D eigenvalue weighted by Gasteiger charge is 2.35.